The van der Waals surface area contributed by atoms with Gasteiger partial charge in [0.25, 0.3) is 5.92 Å². The molecule has 5 heterocycles. The van der Waals surface area contributed by atoms with Gasteiger partial charge in [-0.3, -0.25) is 4.99 Å². The SMILES string of the molecule is NC1=N[C@@]2(C3=NCCCC13)c1cc(-c3cccnc3F)ccc1Oc1c(F)cc(N3CCC(F)(F)CC3)cc12. The molecule has 7 rings (SSSR count). The Morgan fingerprint density at radius 3 is 2.64 bits per heavy atom. The van der Waals surface area contributed by atoms with E-state index in [0.29, 0.717) is 51.8 Å². The van der Waals surface area contributed by atoms with E-state index in [9.17, 15) is 13.2 Å². The molecule has 1 aromatic heterocycles. The third-order valence-corrected chi connectivity index (χ3v) is 8.22. The van der Waals surface area contributed by atoms with Crippen LogP contribution in [0, 0.1) is 17.7 Å². The van der Waals surface area contributed by atoms with Crippen molar-refractivity contribution in [3.8, 4) is 22.6 Å². The molecule has 2 N–H and O–H groups in total. The number of nitrogens with two attached hydrogens (primary N) is 1. The van der Waals surface area contributed by atoms with Crippen molar-refractivity contribution in [3.05, 3.63) is 71.6 Å². The fourth-order valence-corrected chi connectivity index (χ4v) is 6.27. The highest BCUT2D eigenvalue weighted by molar-refractivity contribution is 6.18. The van der Waals surface area contributed by atoms with E-state index in [-0.39, 0.29) is 37.6 Å². The molecule has 10 heteroatoms. The first-order chi connectivity index (χ1) is 18.8. The van der Waals surface area contributed by atoms with E-state index in [0.717, 1.165) is 12.8 Å². The molecular formula is C29H25F4N5O. The zero-order chi connectivity index (χ0) is 26.9. The van der Waals surface area contributed by atoms with Crippen LogP contribution in [0.15, 0.2) is 58.6 Å². The summed E-state index contributed by atoms with van der Waals surface area (Å²) in [6.07, 6.45) is 2.35. The molecule has 1 unspecified atom stereocenters. The first kappa shape index (κ1) is 24.1. The van der Waals surface area contributed by atoms with Crippen molar-refractivity contribution in [1.82, 2.24) is 4.98 Å². The Morgan fingerprint density at radius 1 is 1.03 bits per heavy atom. The summed E-state index contributed by atoms with van der Waals surface area (Å²) in [5, 5.41) is 0. The van der Waals surface area contributed by atoms with E-state index in [1.54, 1.807) is 41.3 Å². The normalized spacial score (nSPS) is 24.8. The zero-order valence-electron chi connectivity index (χ0n) is 20.9. The van der Waals surface area contributed by atoms with Crippen LogP contribution in [0.3, 0.4) is 0 Å². The second-order valence-corrected chi connectivity index (χ2v) is 10.5. The Hall–Kier alpha value is -3.95. The Balaban J connectivity index is 1.45. The number of anilines is 1. The number of hydrogen-bond donors (Lipinski definition) is 1. The van der Waals surface area contributed by atoms with Crippen LogP contribution < -0.4 is 15.4 Å². The number of halogens is 4. The highest BCUT2D eigenvalue weighted by Crippen LogP contribution is 2.56. The predicted octanol–water partition coefficient (Wildman–Crippen LogP) is 5.83. The first-order valence-corrected chi connectivity index (χ1v) is 13.1. The fourth-order valence-electron chi connectivity index (χ4n) is 6.27. The molecule has 1 saturated heterocycles. The van der Waals surface area contributed by atoms with Gasteiger partial charge >= 0.3 is 0 Å². The molecule has 39 heavy (non-hydrogen) atoms. The van der Waals surface area contributed by atoms with Crippen LogP contribution in [0.4, 0.5) is 23.2 Å². The van der Waals surface area contributed by atoms with Crippen LogP contribution in [-0.4, -0.2) is 42.1 Å². The van der Waals surface area contributed by atoms with E-state index < -0.39 is 23.2 Å². The van der Waals surface area contributed by atoms with Crippen molar-refractivity contribution in [2.24, 2.45) is 21.6 Å². The predicted molar refractivity (Wildman–Crippen MR) is 140 cm³/mol. The Kier molecular flexibility index (Phi) is 5.27. The summed E-state index contributed by atoms with van der Waals surface area (Å²) in [6, 6.07) is 11.5. The molecule has 0 aliphatic carbocycles. The highest BCUT2D eigenvalue weighted by Gasteiger charge is 2.55. The second-order valence-electron chi connectivity index (χ2n) is 10.5. The van der Waals surface area contributed by atoms with Crippen molar-refractivity contribution < 1.29 is 22.3 Å². The number of aromatic nitrogens is 1. The smallest absolute Gasteiger partial charge is 0.251 e. The summed E-state index contributed by atoms with van der Waals surface area (Å²) in [4.78, 5) is 15.4. The van der Waals surface area contributed by atoms with Gasteiger partial charge in [-0.05, 0) is 48.7 Å². The minimum atomic E-state index is -2.74. The van der Waals surface area contributed by atoms with Gasteiger partial charge in [-0.1, -0.05) is 6.07 Å². The number of rotatable bonds is 2. The fraction of sp³-hybridized carbons (Fsp3) is 0.345. The molecule has 1 fully saturated rings. The first-order valence-electron chi connectivity index (χ1n) is 13.1. The minimum absolute atomic E-state index is 0.000582. The molecule has 200 valence electrons. The maximum Gasteiger partial charge on any atom is 0.251 e. The summed E-state index contributed by atoms with van der Waals surface area (Å²) in [7, 11) is 0. The van der Waals surface area contributed by atoms with Gasteiger partial charge in [0.2, 0.25) is 5.95 Å². The number of aliphatic imine (C=N–C) groups is 2. The van der Waals surface area contributed by atoms with Crippen LogP contribution >= 0.6 is 0 Å². The van der Waals surface area contributed by atoms with Gasteiger partial charge in [-0.25, -0.2) is 23.1 Å². The van der Waals surface area contributed by atoms with Crippen molar-refractivity contribution in [1.29, 1.82) is 0 Å². The summed E-state index contributed by atoms with van der Waals surface area (Å²) < 4.78 is 64.4. The summed E-state index contributed by atoms with van der Waals surface area (Å²) in [5.74, 6) is -3.45. The van der Waals surface area contributed by atoms with E-state index in [4.69, 9.17) is 20.5 Å². The Labute approximate surface area is 222 Å². The average Bonchev–Trinajstić information content (AvgIpc) is 3.22. The van der Waals surface area contributed by atoms with Crippen LogP contribution in [-0.2, 0) is 5.54 Å². The lowest BCUT2D eigenvalue weighted by Gasteiger charge is -2.39. The topological polar surface area (TPSA) is 76.1 Å². The number of fused-ring (bicyclic) bond motifs is 6. The number of benzene rings is 2. The Morgan fingerprint density at radius 2 is 1.85 bits per heavy atom. The molecule has 1 spiro atoms. The molecule has 4 aliphatic heterocycles. The molecule has 0 radical (unpaired) electrons. The molecule has 0 bridgehead atoms. The summed E-state index contributed by atoms with van der Waals surface area (Å²) >= 11 is 0. The molecule has 0 saturated carbocycles. The number of amidine groups is 1. The van der Waals surface area contributed by atoms with Crippen LogP contribution in [0.25, 0.3) is 11.1 Å². The molecule has 3 aromatic rings. The third-order valence-electron chi connectivity index (χ3n) is 8.22. The van der Waals surface area contributed by atoms with Crippen molar-refractivity contribution in [2.75, 3.05) is 24.5 Å². The van der Waals surface area contributed by atoms with Crippen molar-refractivity contribution in [2.45, 2.75) is 37.1 Å². The van der Waals surface area contributed by atoms with E-state index in [1.165, 1.54) is 12.3 Å². The lowest BCUT2D eigenvalue weighted by molar-refractivity contribution is -0.0220. The largest absolute Gasteiger partial charge is 0.453 e. The van der Waals surface area contributed by atoms with Gasteiger partial charge in [-0.2, -0.15) is 4.39 Å². The number of alkyl halides is 2. The van der Waals surface area contributed by atoms with Crippen molar-refractivity contribution in [3.63, 3.8) is 0 Å². The van der Waals surface area contributed by atoms with Gasteiger partial charge in [-0.15, -0.1) is 0 Å². The highest BCUT2D eigenvalue weighted by atomic mass is 19.3. The molecule has 2 atom stereocenters. The van der Waals surface area contributed by atoms with E-state index in [2.05, 4.69) is 4.98 Å². The van der Waals surface area contributed by atoms with E-state index >= 15 is 4.39 Å². The Bertz CT molecular complexity index is 1560. The molecule has 0 amide bonds. The van der Waals surface area contributed by atoms with Gasteiger partial charge in [0.05, 0.1) is 11.6 Å². The number of nitrogens with zero attached hydrogens (tertiary/aromatic N) is 4. The maximum absolute atomic E-state index is 15.8. The molecule has 4 aliphatic rings. The molecule has 2 aromatic carbocycles. The van der Waals surface area contributed by atoms with Crippen molar-refractivity contribution >= 4 is 17.2 Å². The summed E-state index contributed by atoms with van der Waals surface area (Å²) in [5.41, 5.74) is 8.22. The van der Waals surface area contributed by atoms with Crippen LogP contribution in [0.2, 0.25) is 0 Å². The monoisotopic (exact) mass is 535 g/mol. The zero-order valence-corrected chi connectivity index (χ0v) is 20.9. The quantitative estimate of drug-likeness (QED) is 0.331. The number of piperidine rings is 1. The number of ether oxygens (including phenoxy) is 1. The van der Waals surface area contributed by atoms with Gasteiger partial charge < -0.3 is 15.4 Å². The lowest BCUT2D eigenvalue weighted by atomic mass is 9.73. The van der Waals surface area contributed by atoms with Gasteiger partial charge in [0.15, 0.2) is 17.1 Å². The summed E-state index contributed by atoms with van der Waals surface area (Å²) in [6.45, 7) is 0.756. The van der Waals surface area contributed by atoms with Gasteiger partial charge in [0, 0.05) is 67.1 Å². The minimum Gasteiger partial charge on any atom is -0.453 e. The molecule has 6 nitrogen and oxygen atoms in total. The van der Waals surface area contributed by atoms with Crippen LogP contribution in [0.5, 0.6) is 11.5 Å². The third kappa shape index (κ3) is 3.64. The number of hydrogen-bond acceptors (Lipinski definition) is 6. The van der Waals surface area contributed by atoms with E-state index in [1.807, 2.05) is 0 Å². The maximum atomic E-state index is 15.8. The van der Waals surface area contributed by atoms with Gasteiger partial charge in [0.1, 0.15) is 11.6 Å². The lowest BCUT2D eigenvalue weighted by Crippen LogP contribution is -2.41. The standard InChI is InChI=1S/C29H25F4N5O/c30-22-15-17(38-11-7-28(32,33)8-12-38)14-21-24(22)39-23-6-5-16(18-3-1-10-36-26(18)31)13-20(23)29(21)25-19(27(34)37-29)4-2-9-35-25/h1,3,5-6,10,13-15,19H,2,4,7-9,11-12H2,(H2,34,37)/t19?,29-/m0/s1. The number of pyridine rings is 1. The second kappa shape index (κ2) is 8.53. The van der Waals surface area contributed by atoms with Crippen LogP contribution in [0.1, 0.15) is 36.8 Å². The average molecular weight is 536 g/mol. The molecular weight excluding hydrogens is 510 g/mol.